The molecule has 0 atom stereocenters. The van der Waals surface area contributed by atoms with Gasteiger partial charge in [0.05, 0.1) is 11.6 Å². The molecule has 0 N–H and O–H groups in total. The zero-order valence-corrected chi connectivity index (χ0v) is 12.2. The largest absolute Gasteiger partial charge is 0.492 e. The number of likely N-dealkylation sites (tertiary alicyclic amines) is 1. The first-order valence-electron chi connectivity index (χ1n) is 6.76. The third-order valence-corrected chi connectivity index (χ3v) is 3.34. The molecule has 1 amide bonds. The van der Waals surface area contributed by atoms with E-state index < -0.39 is 6.09 Å². The molecular weight excluding hydrogens is 282 g/mol. The third-order valence-electron chi connectivity index (χ3n) is 3.03. The standard InChI is InChI=1S/C14H18ClNO4/c1-2-18-13-10-11(6-7-12(13)15)19-20-14(17)16-8-4-3-5-9-16/h6-7,10H,2-5,8-9H2,1H3. The highest BCUT2D eigenvalue weighted by atomic mass is 35.5. The molecule has 0 spiro atoms. The van der Waals surface area contributed by atoms with Crippen molar-refractivity contribution in [1.29, 1.82) is 0 Å². The Labute approximate surface area is 123 Å². The van der Waals surface area contributed by atoms with E-state index in [4.69, 9.17) is 26.1 Å². The molecule has 1 aromatic rings. The molecule has 0 aromatic heterocycles. The van der Waals surface area contributed by atoms with Gasteiger partial charge in [-0.3, -0.25) is 4.89 Å². The minimum absolute atomic E-state index is 0.378. The molecule has 1 fully saturated rings. The third kappa shape index (κ3) is 3.93. The molecule has 6 heteroatoms. The molecule has 5 nitrogen and oxygen atoms in total. The second-order valence-electron chi connectivity index (χ2n) is 4.51. The Hall–Kier alpha value is -1.62. The minimum atomic E-state index is -0.461. The normalized spacial score (nSPS) is 14.8. The minimum Gasteiger partial charge on any atom is -0.492 e. The lowest BCUT2D eigenvalue weighted by molar-refractivity contribution is -0.154. The van der Waals surface area contributed by atoms with Crippen LogP contribution in [-0.2, 0) is 4.89 Å². The van der Waals surface area contributed by atoms with Gasteiger partial charge in [-0.25, -0.2) is 9.68 Å². The van der Waals surface area contributed by atoms with E-state index in [-0.39, 0.29) is 0 Å². The summed E-state index contributed by atoms with van der Waals surface area (Å²) >= 11 is 5.96. The summed E-state index contributed by atoms with van der Waals surface area (Å²) in [6, 6.07) is 4.85. The molecule has 1 aliphatic heterocycles. The van der Waals surface area contributed by atoms with E-state index in [0.717, 1.165) is 19.3 Å². The fourth-order valence-electron chi connectivity index (χ4n) is 2.01. The van der Waals surface area contributed by atoms with Crippen LogP contribution in [0, 0.1) is 0 Å². The number of hydrogen-bond donors (Lipinski definition) is 0. The van der Waals surface area contributed by atoms with Crippen LogP contribution in [0.5, 0.6) is 11.5 Å². The molecule has 0 radical (unpaired) electrons. The molecular formula is C14H18ClNO4. The molecule has 0 saturated carbocycles. The van der Waals surface area contributed by atoms with Gasteiger partial charge in [0.15, 0.2) is 5.75 Å². The van der Waals surface area contributed by atoms with Crippen molar-refractivity contribution in [3.05, 3.63) is 23.2 Å². The zero-order valence-electron chi connectivity index (χ0n) is 11.4. The van der Waals surface area contributed by atoms with Crippen LogP contribution >= 0.6 is 11.6 Å². The van der Waals surface area contributed by atoms with Crippen LogP contribution in [-0.4, -0.2) is 30.7 Å². The van der Waals surface area contributed by atoms with Crippen molar-refractivity contribution in [3.63, 3.8) is 0 Å². The van der Waals surface area contributed by atoms with Gasteiger partial charge >= 0.3 is 6.09 Å². The van der Waals surface area contributed by atoms with Crippen molar-refractivity contribution < 1.29 is 19.3 Å². The lowest BCUT2D eigenvalue weighted by Gasteiger charge is -2.24. The number of carbonyl (C=O) groups is 1. The van der Waals surface area contributed by atoms with Gasteiger partial charge in [-0.1, -0.05) is 11.6 Å². The summed E-state index contributed by atoms with van der Waals surface area (Å²) in [4.78, 5) is 23.3. The predicted molar refractivity (Wildman–Crippen MR) is 75.2 cm³/mol. The van der Waals surface area contributed by atoms with Crippen LogP contribution in [0.1, 0.15) is 26.2 Å². The molecule has 1 heterocycles. The second kappa shape index (κ2) is 7.24. The van der Waals surface area contributed by atoms with Crippen LogP contribution in [0.15, 0.2) is 18.2 Å². The fraction of sp³-hybridized carbons (Fsp3) is 0.500. The first-order chi connectivity index (χ1) is 9.70. The fourth-order valence-corrected chi connectivity index (χ4v) is 2.19. The molecule has 2 rings (SSSR count). The van der Waals surface area contributed by atoms with Gasteiger partial charge < -0.3 is 9.64 Å². The Morgan fingerprint density at radius 3 is 2.75 bits per heavy atom. The number of hydrogen-bond acceptors (Lipinski definition) is 4. The number of halogens is 1. The molecule has 0 aliphatic carbocycles. The number of carbonyl (C=O) groups excluding carboxylic acids is 1. The number of ether oxygens (including phenoxy) is 1. The number of piperidine rings is 1. The highest BCUT2D eigenvalue weighted by Crippen LogP contribution is 2.29. The Morgan fingerprint density at radius 2 is 2.05 bits per heavy atom. The maximum Gasteiger partial charge on any atom is 0.452 e. The van der Waals surface area contributed by atoms with Crippen molar-refractivity contribution in [2.24, 2.45) is 0 Å². The molecule has 20 heavy (non-hydrogen) atoms. The zero-order chi connectivity index (χ0) is 14.4. The van der Waals surface area contributed by atoms with Crippen molar-refractivity contribution in [1.82, 2.24) is 4.90 Å². The molecule has 1 aromatic carbocycles. The van der Waals surface area contributed by atoms with Gasteiger partial charge in [0.1, 0.15) is 5.75 Å². The summed E-state index contributed by atoms with van der Waals surface area (Å²) < 4.78 is 5.34. The van der Waals surface area contributed by atoms with Crippen LogP contribution in [0.3, 0.4) is 0 Å². The Morgan fingerprint density at radius 1 is 1.30 bits per heavy atom. The number of amides is 1. The topological polar surface area (TPSA) is 48.0 Å². The van der Waals surface area contributed by atoms with Crippen molar-refractivity contribution in [2.75, 3.05) is 19.7 Å². The smallest absolute Gasteiger partial charge is 0.452 e. The molecule has 0 bridgehead atoms. The summed E-state index contributed by atoms with van der Waals surface area (Å²) in [6.45, 7) is 3.79. The van der Waals surface area contributed by atoms with Crippen LogP contribution < -0.4 is 9.62 Å². The number of rotatable bonds is 4. The predicted octanol–water partition coefficient (Wildman–Crippen LogP) is 3.66. The van der Waals surface area contributed by atoms with E-state index in [1.165, 1.54) is 0 Å². The number of benzene rings is 1. The first-order valence-corrected chi connectivity index (χ1v) is 7.14. The molecule has 1 aliphatic rings. The summed E-state index contributed by atoms with van der Waals surface area (Å²) in [7, 11) is 0. The average molecular weight is 300 g/mol. The van der Waals surface area contributed by atoms with E-state index in [2.05, 4.69) is 0 Å². The highest BCUT2D eigenvalue weighted by molar-refractivity contribution is 6.32. The van der Waals surface area contributed by atoms with Crippen molar-refractivity contribution in [3.8, 4) is 11.5 Å². The number of nitrogens with zero attached hydrogens (tertiary/aromatic N) is 1. The van der Waals surface area contributed by atoms with Crippen LogP contribution in [0.2, 0.25) is 5.02 Å². The SMILES string of the molecule is CCOc1cc(OOC(=O)N2CCCCC2)ccc1Cl. The maximum atomic E-state index is 11.8. The van der Waals surface area contributed by atoms with Gasteiger partial charge in [0.25, 0.3) is 0 Å². The van der Waals surface area contributed by atoms with Crippen molar-refractivity contribution in [2.45, 2.75) is 26.2 Å². The average Bonchev–Trinajstić information content (AvgIpc) is 2.49. The monoisotopic (exact) mass is 299 g/mol. The lowest BCUT2D eigenvalue weighted by Crippen LogP contribution is -2.36. The first kappa shape index (κ1) is 14.8. The lowest BCUT2D eigenvalue weighted by atomic mass is 10.1. The van der Waals surface area contributed by atoms with E-state index >= 15 is 0 Å². The van der Waals surface area contributed by atoms with Crippen molar-refractivity contribution >= 4 is 17.7 Å². The summed E-state index contributed by atoms with van der Waals surface area (Å²) in [5, 5.41) is 0.488. The van der Waals surface area contributed by atoms with Gasteiger partial charge in [-0.15, -0.1) is 0 Å². The van der Waals surface area contributed by atoms with Gasteiger partial charge in [0, 0.05) is 19.2 Å². The summed E-state index contributed by atoms with van der Waals surface area (Å²) in [5.41, 5.74) is 0. The van der Waals surface area contributed by atoms with E-state index in [1.807, 2.05) is 6.92 Å². The van der Waals surface area contributed by atoms with Gasteiger partial charge in [0.2, 0.25) is 0 Å². The highest BCUT2D eigenvalue weighted by Gasteiger charge is 2.19. The molecule has 110 valence electrons. The van der Waals surface area contributed by atoms with Gasteiger partial charge in [-0.05, 0) is 38.3 Å². The summed E-state index contributed by atoms with van der Waals surface area (Å²) in [5.74, 6) is 0.879. The molecule has 0 unspecified atom stereocenters. The summed E-state index contributed by atoms with van der Waals surface area (Å²) in [6.07, 6.45) is 2.70. The second-order valence-corrected chi connectivity index (χ2v) is 4.91. The van der Waals surface area contributed by atoms with Gasteiger partial charge in [-0.2, -0.15) is 0 Å². The van der Waals surface area contributed by atoms with Crippen LogP contribution in [0.4, 0.5) is 4.79 Å². The maximum absolute atomic E-state index is 11.8. The quantitative estimate of drug-likeness (QED) is 0.629. The van der Waals surface area contributed by atoms with Crippen LogP contribution in [0.25, 0.3) is 0 Å². The van der Waals surface area contributed by atoms with E-state index in [9.17, 15) is 4.79 Å². The Kier molecular flexibility index (Phi) is 5.35. The Bertz CT molecular complexity index is 460. The molecule has 1 saturated heterocycles. The van der Waals surface area contributed by atoms with E-state index in [1.54, 1.807) is 23.1 Å². The van der Waals surface area contributed by atoms with E-state index in [0.29, 0.717) is 36.2 Å². The Balaban J connectivity index is 1.89.